The number of anilines is 1. The van der Waals surface area contributed by atoms with Crippen molar-refractivity contribution in [3.63, 3.8) is 0 Å². The van der Waals surface area contributed by atoms with E-state index in [0.717, 1.165) is 5.56 Å². The topological polar surface area (TPSA) is 85.3 Å². The molecule has 6 heteroatoms. The number of nitrogens with one attached hydrogen (secondary N) is 1. The summed E-state index contributed by atoms with van der Waals surface area (Å²) in [6.45, 7) is 5.89. The summed E-state index contributed by atoms with van der Waals surface area (Å²) in [4.78, 5) is 0.123. The van der Waals surface area contributed by atoms with Crippen LogP contribution in [-0.4, -0.2) is 8.42 Å². The van der Waals surface area contributed by atoms with E-state index in [0.29, 0.717) is 23.1 Å². The second-order valence-electron chi connectivity index (χ2n) is 5.22. The van der Waals surface area contributed by atoms with E-state index in [1.165, 1.54) is 6.07 Å². The Balaban J connectivity index is 2.33. The van der Waals surface area contributed by atoms with E-state index in [9.17, 15) is 8.42 Å². The summed E-state index contributed by atoms with van der Waals surface area (Å²) in [6.07, 6.45) is 0. The molecule has 0 unspecified atom stereocenters. The van der Waals surface area contributed by atoms with Crippen LogP contribution in [0.1, 0.15) is 36.8 Å². The van der Waals surface area contributed by atoms with Crippen molar-refractivity contribution in [3.8, 4) is 0 Å². The molecule has 0 radical (unpaired) electrons. The van der Waals surface area contributed by atoms with Crippen molar-refractivity contribution >= 4 is 15.7 Å². The Morgan fingerprint density at radius 2 is 2.00 bits per heavy atom. The van der Waals surface area contributed by atoms with Gasteiger partial charge in [0.1, 0.15) is 16.4 Å². The predicted octanol–water partition coefficient (Wildman–Crippen LogP) is 2.97. The zero-order valence-corrected chi connectivity index (χ0v) is 13.2. The maximum atomic E-state index is 12.4. The summed E-state index contributed by atoms with van der Waals surface area (Å²) in [7, 11) is -3.68. The molecule has 0 saturated heterocycles. The maximum Gasteiger partial charge on any atom is 0.265 e. The summed E-state index contributed by atoms with van der Waals surface area (Å²) in [5.74, 6) is 1.11. The fourth-order valence-electron chi connectivity index (χ4n) is 2.06. The summed E-state index contributed by atoms with van der Waals surface area (Å²) < 4.78 is 32.7. The molecule has 0 amide bonds. The molecule has 0 aliphatic rings. The fourth-order valence-corrected chi connectivity index (χ4v) is 3.32. The molecule has 1 heterocycles. The third kappa shape index (κ3) is 3.46. The lowest BCUT2D eigenvalue weighted by atomic mass is 10.0. The maximum absolute atomic E-state index is 12.4. The molecular weight excluding hydrogens is 288 g/mol. The van der Waals surface area contributed by atoms with Crippen molar-refractivity contribution in [2.24, 2.45) is 5.73 Å². The number of rotatable bonds is 5. The lowest BCUT2D eigenvalue weighted by Gasteiger charge is -2.10. The summed E-state index contributed by atoms with van der Waals surface area (Å²) in [6, 6.07) is 8.83. The van der Waals surface area contributed by atoms with Crippen molar-refractivity contribution in [1.29, 1.82) is 0 Å². The van der Waals surface area contributed by atoms with Gasteiger partial charge in [-0.15, -0.1) is 0 Å². The molecule has 5 nitrogen and oxygen atoms in total. The van der Waals surface area contributed by atoms with Gasteiger partial charge < -0.3 is 10.2 Å². The lowest BCUT2D eigenvalue weighted by molar-refractivity contribution is 0.479. The average molecular weight is 308 g/mol. The molecule has 0 saturated carbocycles. The van der Waals surface area contributed by atoms with Crippen molar-refractivity contribution in [3.05, 3.63) is 47.4 Å². The van der Waals surface area contributed by atoms with Gasteiger partial charge in [0.2, 0.25) is 0 Å². The zero-order valence-electron chi connectivity index (χ0n) is 12.4. The van der Waals surface area contributed by atoms with E-state index in [4.69, 9.17) is 10.2 Å². The van der Waals surface area contributed by atoms with Crippen molar-refractivity contribution in [1.82, 2.24) is 0 Å². The van der Waals surface area contributed by atoms with E-state index in [2.05, 4.69) is 18.6 Å². The molecule has 1 aromatic carbocycles. The van der Waals surface area contributed by atoms with Crippen LogP contribution in [0.3, 0.4) is 0 Å². The van der Waals surface area contributed by atoms with Gasteiger partial charge in [-0.05, 0) is 30.5 Å². The van der Waals surface area contributed by atoms with E-state index in [1.807, 2.05) is 18.2 Å². The van der Waals surface area contributed by atoms with Gasteiger partial charge in [-0.3, -0.25) is 4.72 Å². The molecule has 0 spiro atoms. The molecule has 0 aliphatic carbocycles. The highest BCUT2D eigenvalue weighted by Gasteiger charge is 2.21. The van der Waals surface area contributed by atoms with Crippen LogP contribution in [0.5, 0.6) is 0 Å². The molecule has 114 valence electrons. The van der Waals surface area contributed by atoms with Gasteiger partial charge in [-0.25, -0.2) is 8.42 Å². The molecule has 0 aliphatic heterocycles. The fraction of sp³-hybridized carbons (Fsp3) is 0.333. The number of hydrogen-bond acceptors (Lipinski definition) is 4. The van der Waals surface area contributed by atoms with Crippen LogP contribution in [-0.2, 0) is 16.6 Å². The standard InChI is InChI=1S/C15H20N2O3S/c1-10(2)12-5-4-6-13(7-12)17-21(18,19)15-8-14(9-16)20-11(15)3/h4-8,10,17H,9,16H2,1-3H3. The van der Waals surface area contributed by atoms with Gasteiger partial charge in [0.25, 0.3) is 10.0 Å². The number of furan rings is 1. The molecule has 3 N–H and O–H groups in total. The quantitative estimate of drug-likeness (QED) is 0.889. The Labute approximate surface area is 125 Å². The largest absolute Gasteiger partial charge is 0.464 e. The molecule has 0 bridgehead atoms. The minimum absolute atomic E-state index is 0.123. The lowest BCUT2D eigenvalue weighted by Crippen LogP contribution is -2.13. The van der Waals surface area contributed by atoms with Gasteiger partial charge >= 0.3 is 0 Å². The monoisotopic (exact) mass is 308 g/mol. The van der Waals surface area contributed by atoms with Crippen molar-refractivity contribution < 1.29 is 12.8 Å². The van der Waals surface area contributed by atoms with Gasteiger partial charge in [0.15, 0.2) is 0 Å². The Morgan fingerprint density at radius 3 is 2.57 bits per heavy atom. The summed E-state index contributed by atoms with van der Waals surface area (Å²) >= 11 is 0. The summed E-state index contributed by atoms with van der Waals surface area (Å²) in [5.41, 5.74) is 7.08. The Bertz CT molecular complexity index is 733. The molecular formula is C15H20N2O3S. The highest BCUT2D eigenvalue weighted by Crippen LogP contribution is 2.24. The first kappa shape index (κ1) is 15.6. The van der Waals surface area contributed by atoms with Crippen LogP contribution in [0.4, 0.5) is 5.69 Å². The first-order valence-corrected chi connectivity index (χ1v) is 8.24. The van der Waals surface area contributed by atoms with Crippen LogP contribution in [0.15, 0.2) is 39.6 Å². The Morgan fingerprint density at radius 1 is 1.29 bits per heavy atom. The van der Waals surface area contributed by atoms with Crippen LogP contribution >= 0.6 is 0 Å². The van der Waals surface area contributed by atoms with Gasteiger partial charge in [0, 0.05) is 11.8 Å². The molecule has 0 atom stereocenters. The van der Waals surface area contributed by atoms with E-state index >= 15 is 0 Å². The van der Waals surface area contributed by atoms with Crippen molar-refractivity contribution in [2.45, 2.75) is 38.1 Å². The van der Waals surface area contributed by atoms with Crippen LogP contribution in [0.25, 0.3) is 0 Å². The van der Waals surface area contributed by atoms with Gasteiger partial charge in [0.05, 0.1) is 6.54 Å². The first-order chi connectivity index (χ1) is 9.83. The first-order valence-electron chi connectivity index (χ1n) is 6.75. The molecule has 0 fully saturated rings. The second-order valence-corrected chi connectivity index (χ2v) is 6.87. The predicted molar refractivity (Wildman–Crippen MR) is 82.7 cm³/mol. The Hall–Kier alpha value is -1.79. The third-order valence-electron chi connectivity index (χ3n) is 3.22. The molecule has 21 heavy (non-hydrogen) atoms. The van der Waals surface area contributed by atoms with E-state index in [-0.39, 0.29) is 11.4 Å². The summed E-state index contributed by atoms with van der Waals surface area (Å²) in [5, 5.41) is 0. The minimum Gasteiger partial charge on any atom is -0.464 e. The number of sulfonamides is 1. The van der Waals surface area contributed by atoms with Gasteiger partial charge in [-0.1, -0.05) is 26.0 Å². The highest BCUT2D eigenvalue weighted by atomic mass is 32.2. The SMILES string of the molecule is Cc1oc(CN)cc1S(=O)(=O)Nc1cccc(C(C)C)c1. The van der Waals surface area contributed by atoms with E-state index in [1.54, 1.807) is 13.0 Å². The minimum atomic E-state index is -3.68. The van der Waals surface area contributed by atoms with E-state index < -0.39 is 10.0 Å². The van der Waals surface area contributed by atoms with Crippen LogP contribution < -0.4 is 10.5 Å². The van der Waals surface area contributed by atoms with Crippen LogP contribution in [0, 0.1) is 6.92 Å². The number of benzene rings is 1. The zero-order chi connectivity index (χ0) is 15.6. The number of hydrogen-bond donors (Lipinski definition) is 2. The smallest absolute Gasteiger partial charge is 0.265 e. The molecule has 1 aromatic heterocycles. The highest BCUT2D eigenvalue weighted by molar-refractivity contribution is 7.92. The number of aryl methyl sites for hydroxylation is 1. The number of nitrogens with two attached hydrogens (primary N) is 1. The third-order valence-corrected chi connectivity index (χ3v) is 4.71. The van der Waals surface area contributed by atoms with Crippen molar-refractivity contribution in [2.75, 3.05) is 4.72 Å². The second kappa shape index (κ2) is 5.91. The van der Waals surface area contributed by atoms with Crippen LogP contribution in [0.2, 0.25) is 0 Å². The molecule has 2 aromatic rings. The average Bonchev–Trinajstić information content (AvgIpc) is 2.80. The normalized spacial score (nSPS) is 11.9. The Kier molecular flexibility index (Phi) is 4.39. The van der Waals surface area contributed by atoms with Gasteiger partial charge in [-0.2, -0.15) is 0 Å². The molecule has 2 rings (SSSR count).